The number of allylic oxidation sites excluding steroid dienone is 11. The largest absolute Gasteiger partial charge is 0.756 e. The molecule has 1 amide bonds. The van der Waals surface area contributed by atoms with Gasteiger partial charge >= 0.3 is 0 Å². The predicted molar refractivity (Wildman–Crippen MR) is 330 cm³/mol. The van der Waals surface area contributed by atoms with E-state index < -0.39 is 26.6 Å². The number of nitrogens with zero attached hydrogens (tertiary/aromatic N) is 1. The van der Waals surface area contributed by atoms with Crippen LogP contribution in [0.1, 0.15) is 296 Å². The molecule has 3 unspecified atom stereocenters. The molecule has 8 nitrogen and oxygen atoms in total. The molecule has 3 atom stereocenters. The number of quaternary nitrogens is 1. The molecule has 0 saturated heterocycles. The maximum atomic E-state index is 13.0. The zero-order chi connectivity index (χ0) is 55.6. The average Bonchev–Trinajstić information content (AvgIpc) is 3.38. The van der Waals surface area contributed by atoms with E-state index in [9.17, 15) is 19.4 Å². The minimum Gasteiger partial charge on any atom is -0.756 e. The van der Waals surface area contributed by atoms with Crippen LogP contribution in [0.2, 0.25) is 0 Å². The highest BCUT2D eigenvalue weighted by Crippen LogP contribution is 2.38. The number of hydrogen-bond donors (Lipinski definition) is 2. The molecule has 0 aliphatic rings. The van der Waals surface area contributed by atoms with Gasteiger partial charge in [0.05, 0.1) is 39.9 Å². The Bertz CT molecular complexity index is 1470. The third kappa shape index (κ3) is 59.6. The first-order valence-electron chi connectivity index (χ1n) is 32.3. The van der Waals surface area contributed by atoms with Crippen LogP contribution in [0, 0.1) is 0 Å². The van der Waals surface area contributed by atoms with E-state index >= 15 is 0 Å². The Balaban J connectivity index is 4.22. The third-order valence-electron chi connectivity index (χ3n) is 14.4. The fraction of sp³-hybridized carbons (Fsp3) is 0.806. The van der Waals surface area contributed by atoms with E-state index in [4.69, 9.17) is 9.05 Å². The Morgan fingerprint density at radius 3 is 1.16 bits per heavy atom. The van der Waals surface area contributed by atoms with Crippen LogP contribution in [0.25, 0.3) is 0 Å². The standard InChI is InChI=1S/C67H125N2O6P/c1-6-8-10-12-14-16-18-20-22-24-26-28-30-31-32-33-34-35-36-37-39-40-42-44-46-48-50-52-54-56-58-60-66(70)65(64-75-76(72,73)74-63-62-69(3,4)5)68-67(71)61-59-57-55-53-51-49-47-45-43-41-38-29-27-25-23-21-19-17-15-13-11-9-7-2/h19,21,25,27,38,41-42,44,50,52,58,60,65-66,70H,6-18,20,22-24,26,28-37,39-40,43,45-49,51,53-57,59,61-64H2,1-5H3,(H-,68,71,72,73)/b21-19-,27-25-,41-38-,44-42+,52-50+,60-58+. The second kappa shape index (κ2) is 57.6. The van der Waals surface area contributed by atoms with Gasteiger partial charge in [-0.1, -0.05) is 279 Å². The topological polar surface area (TPSA) is 108 Å². The fourth-order valence-electron chi connectivity index (χ4n) is 9.31. The van der Waals surface area contributed by atoms with E-state index in [1.54, 1.807) is 6.08 Å². The Kier molecular flexibility index (Phi) is 56.1. The van der Waals surface area contributed by atoms with Crippen molar-refractivity contribution in [3.8, 4) is 0 Å². The average molecular weight is 1090 g/mol. The Morgan fingerprint density at radius 1 is 0.461 bits per heavy atom. The van der Waals surface area contributed by atoms with Crippen LogP contribution >= 0.6 is 7.82 Å². The van der Waals surface area contributed by atoms with Crippen molar-refractivity contribution in [2.45, 2.75) is 309 Å². The molecule has 0 fully saturated rings. The highest BCUT2D eigenvalue weighted by Gasteiger charge is 2.23. The molecule has 0 saturated carbocycles. The second-order valence-electron chi connectivity index (χ2n) is 23.1. The van der Waals surface area contributed by atoms with Gasteiger partial charge in [0, 0.05) is 6.42 Å². The number of unbranched alkanes of at least 4 members (excludes halogenated alkanes) is 36. The van der Waals surface area contributed by atoms with Gasteiger partial charge in [0.15, 0.2) is 0 Å². The summed E-state index contributed by atoms with van der Waals surface area (Å²) in [7, 11) is 1.23. The lowest BCUT2D eigenvalue weighted by molar-refractivity contribution is -0.870. The number of amides is 1. The van der Waals surface area contributed by atoms with E-state index in [1.807, 2.05) is 27.2 Å². The number of carbonyl (C=O) groups is 1. The molecule has 0 bridgehead atoms. The van der Waals surface area contributed by atoms with Gasteiger partial charge in [-0.05, 0) is 83.5 Å². The first-order chi connectivity index (χ1) is 37.0. The van der Waals surface area contributed by atoms with Crippen molar-refractivity contribution in [2.24, 2.45) is 0 Å². The van der Waals surface area contributed by atoms with Crippen molar-refractivity contribution in [2.75, 3.05) is 40.9 Å². The van der Waals surface area contributed by atoms with Crippen LogP contribution in [-0.4, -0.2) is 68.5 Å². The van der Waals surface area contributed by atoms with Crippen molar-refractivity contribution in [3.05, 3.63) is 72.9 Å². The molecular weight excluding hydrogens is 960 g/mol. The van der Waals surface area contributed by atoms with E-state index in [0.29, 0.717) is 17.4 Å². The van der Waals surface area contributed by atoms with Crippen LogP contribution in [-0.2, 0) is 18.4 Å². The summed E-state index contributed by atoms with van der Waals surface area (Å²) in [6.45, 7) is 4.63. The van der Waals surface area contributed by atoms with Crippen molar-refractivity contribution >= 4 is 13.7 Å². The SMILES string of the molecule is CCCCCCC/C=C\C/C=C\C/C=C\CCCCCCCCCCC(=O)NC(COP(=O)([O-])OCC[N+](C)(C)C)C(O)/C=C/CC/C=C/CC/C=C/CCCCCCCCCCCCCCCCCCCCCCC. The Hall–Kier alpha value is -2.06. The van der Waals surface area contributed by atoms with Gasteiger partial charge in [-0.25, -0.2) is 0 Å². The molecule has 0 heterocycles. The summed E-state index contributed by atoms with van der Waals surface area (Å²) in [6.07, 6.45) is 80.1. The molecule has 76 heavy (non-hydrogen) atoms. The molecule has 0 aromatic heterocycles. The summed E-state index contributed by atoms with van der Waals surface area (Å²) in [5.74, 6) is -0.218. The van der Waals surface area contributed by atoms with Crippen molar-refractivity contribution in [1.82, 2.24) is 5.32 Å². The summed E-state index contributed by atoms with van der Waals surface area (Å²) in [5.41, 5.74) is 0. The third-order valence-corrected chi connectivity index (χ3v) is 15.3. The summed E-state index contributed by atoms with van der Waals surface area (Å²) < 4.78 is 23.4. The summed E-state index contributed by atoms with van der Waals surface area (Å²) in [4.78, 5) is 25.6. The lowest BCUT2D eigenvalue weighted by atomic mass is 10.0. The summed E-state index contributed by atoms with van der Waals surface area (Å²) in [5, 5.41) is 13.9. The smallest absolute Gasteiger partial charge is 0.268 e. The van der Waals surface area contributed by atoms with Crippen LogP contribution in [0.4, 0.5) is 0 Å². The molecule has 0 radical (unpaired) electrons. The molecule has 0 aromatic carbocycles. The minimum absolute atomic E-state index is 0.0133. The predicted octanol–water partition coefficient (Wildman–Crippen LogP) is 19.6. The molecule has 0 aromatic rings. The zero-order valence-corrected chi connectivity index (χ0v) is 51.6. The van der Waals surface area contributed by atoms with E-state index in [-0.39, 0.29) is 12.5 Å². The first kappa shape index (κ1) is 73.9. The molecule has 0 aliphatic heterocycles. The van der Waals surface area contributed by atoms with Gasteiger partial charge < -0.3 is 28.8 Å². The zero-order valence-electron chi connectivity index (χ0n) is 50.7. The van der Waals surface area contributed by atoms with Crippen molar-refractivity contribution in [1.29, 1.82) is 0 Å². The minimum atomic E-state index is -4.62. The van der Waals surface area contributed by atoms with E-state index in [2.05, 4.69) is 79.9 Å². The van der Waals surface area contributed by atoms with Crippen LogP contribution in [0.3, 0.4) is 0 Å². The number of aliphatic hydroxyl groups excluding tert-OH is 1. The summed E-state index contributed by atoms with van der Waals surface area (Å²) in [6, 6.07) is -0.919. The van der Waals surface area contributed by atoms with E-state index in [1.165, 1.54) is 205 Å². The van der Waals surface area contributed by atoms with Crippen molar-refractivity contribution in [3.63, 3.8) is 0 Å². The molecule has 0 spiro atoms. The molecule has 9 heteroatoms. The second-order valence-corrected chi connectivity index (χ2v) is 24.5. The number of phosphoric ester groups is 1. The monoisotopic (exact) mass is 1080 g/mol. The van der Waals surface area contributed by atoms with Crippen molar-refractivity contribution < 1.29 is 32.9 Å². The fourth-order valence-corrected chi connectivity index (χ4v) is 10.0. The Labute approximate surface area is 472 Å². The maximum absolute atomic E-state index is 13.0. The van der Waals surface area contributed by atoms with Gasteiger partial charge in [0.1, 0.15) is 13.2 Å². The maximum Gasteiger partial charge on any atom is 0.268 e. The number of nitrogens with one attached hydrogen (secondary N) is 1. The summed E-state index contributed by atoms with van der Waals surface area (Å²) >= 11 is 0. The van der Waals surface area contributed by atoms with Gasteiger partial charge in [-0.3, -0.25) is 9.36 Å². The van der Waals surface area contributed by atoms with Crippen LogP contribution in [0.5, 0.6) is 0 Å². The first-order valence-corrected chi connectivity index (χ1v) is 33.8. The number of phosphoric acid groups is 1. The number of aliphatic hydroxyl groups is 1. The number of rotatable bonds is 59. The van der Waals surface area contributed by atoms with Gasteiger partial charge in [-0.15, -0.1) is 0 Å². The lowest BCUT2D eigenvalue weighted by Gasteiger charge is -2.29. The number of likely N-dealkylation sites (N-methyl/N-ethyl adjacent to an activating group) is 1. The highest BCUT2D eigenvalue weighted by atomic mass is 31.2. The van der Waals surface area contributed by atoms with Crippen LogP contribution < -0.4 is 10.2 Å². The quantitative estimate of drug-likeness (QED) is 0.0272. The van der Waals surface area contributed by atoms with Gasteiger partial charge in [0.2, 0.25) is 5.91 Å². The molecule has 0 rings (SSSR count). The lowest BCUT2D eigenvalue weighted by Crippen LogP contribution is -2.45. The molecule has 444 valence electrons. The highest BCUT2D eigenvalue weighted by molar-refractivity contribution is 7.45. The number of hydrogen-bond acceptors (Lipinski definition) is 6. The van der Waals surface area contributed by atoms with Gasteiger partial charge in [0.25, 0.3) is 7.82 Å². The molecule has 2 N–H and O–H groups in total. The van der Waals surface area contributed by atoms with E-state index in [0.717, 1.165) is 70.6 Å². The van der Waals surface area contributed by atoms with Gasteiger partial charge in [-0.2, -0.15) is 0 Å². The molecular formula is C67H125N2O6P. The number of carbonyl (C=O) groups excluding carboxylic acids is 1. The molecule has 0 aliphatic carbocycles. The Morgan fingerprint density at radius 2 is 0.776 bits per heavy atom. The van der Waals surface area contributed by atoms with Crippen LogP contribution in [0.15, 0.2) is 72.9 Å². The normalized spacial score (nSPS) is 14.2.